The Morgan fingerprint density at radius 1 is 1.53 bits per heavy atom. The minimum Gasteiger partial charge on any atom is -0.508 e. The topological polar surface area (TPSA) is 93.9 Å². The van der Waals surface area contributed by atoms with Crippen LogP contribution in [-0.2, 0) is 4.74 Å². The van der Waals surface area contributed by atoms with Gasteiger partial charge in [-0.3, -0.25) is 4.99 Å². The lowest BCUT2D eigenvalue weighted by molar-refractivity contribution is 0.111. The summed E-state index contributed by atoms with van der Waals surface area (Å²) in [5.41, 5.74) is 11.3. The highest BCUT2D eigenvalue weighted by Gasteiger charge is 2.09. The van der Waals surface area contributed by atoms with Gasteiger partial charge in [0.25, 0.3) is 0 Å². The zero-order valence-electron chi connectivity index (χ0n) is 8.55. The largest absolute Gasteiger partial charge is 0.508 e. The molecule has 5 nitrogen and oxygen atoms in total. The summed E-state index contributed by atoms with van der Waals surface area (Å²) >= 11 is 0. The van der Waals surface area contributed by atoms with Crippen molar-refractivity contribution in [3.8, 4) is 5.75 Å². The van der Waals surface area contributed by atoms with Crippen molar-refractivity contribution in [1.82, 2.24) is 0 Å². The van der Waals surface area contributed by atoms with Gasteiger partial charge in [-0.25, -0.2) is 0 Å². The van der Waals surface area contributed by atoms with Gasteiger partial charge in [-0.15, -0.1) is 0 Å². The molecule has 0 aliphatic heterocycles. The smallest absolute Gasteiger partial charge is 0.186 e. The van der Waals surface area contributed by atoms with E-state index in [-0.39, 0.29) is 17.8 Å². The van der Waals surface area contributed by atoms with Crippen LogP contribution in [0.2, 0.25) is 0 Å². The number of nitrogens with zero attached hydrogens (tertiary/aromatic N) is 1. The highest BCUT2D eigenvalue weighted by Crippen LogP contribution is 2.20. The van der Waals surface area contributed by atoms with Crippen LogP contribution in [0.5, 0.6) is 5.75 Å². The first kappa shape index (κ1) is 11.3. The van der Waals surface area contributed by atoms with Crippen molar-refractivity contribution in [3.05, 3.63) is 29.8 Å². The highest BCUT2D eigenvalue weighted by molar-refractivity contribution is 5.75. The number of phenols is 1. The number of ether oxygens (including phenoxy) is 1. The number of aliphatic imine (C=N–C) groups is 1. The lowest BCUT2D eigenvalue weighted by Gasteiger charge is -2.13. The minimum atomic E-state index is -0.251. The highest BCUT2D eigenvalue weighted by atomic mass is 16.5. The van der Waals surface area contributed by atoms with Crippen LogP contribution in [0.3, 0.4) is 0 Å². The number of hydrogen-bond donors (Lipinski definition) is 3. The zero-order valence-corrected chi connectivity index (χ0v) is 8.55. The maximum absolute atomic E-state index is 9.29. The summed E-state index contributed by atoms with van der Waals surface area (Å²) < 4.78 is 5.21. The van der Waals surface area contributed by atoms with E-state index < -0.39 is 0 Å². The number of hydrogen-bond acceptors (Lipinski definition) is 3. The standard InChI is InChI=1S/C10H15N3O2/c1-15-9(6-13-10(11)12)7-3-2-4-8(14)5-7/h2-5,9,14H,6H2,1H3,(H4,11,12,13). The van der Waals surface area contributed by atoms with Crippen molar-refractivity contribution in [1.29, 1.82) is 0 Å². The van der Waals surface area contributed by atoms with E-state index in [1.165, 1.54) is 0 Å². The Balaban J connectivity index is 2.78. The Bertz CT molecular complexity index is 348. The molecule has 0 aromatic heterocycles. The third kappa shape index (κ3) is 3.47. The minimum absolute atomic E-state index is 0.0252. The second kappa shape index (κ2) is 5.21. The Hall–Kier alpha value is -1.75. The fourth-order valence-corrected chi connectivity index (χ4v) is 1.23. The van der Waals surface area contributed by atoms with E-state index in [0.29, 0.717) is 6.54 Å². The second-order valence-corrected chi connectivity index (χ2v) is 3.08. The summed E-state index contributed by atoms with van der Waals surface area (Å²) in [5, 5.41) is 9.29. The van der Waals surface area contributed by atoms with Gasteiger partial charge in [-0.2, -0.15) is 0 Å². The van der Waals surface area contributed by atoms with Crippen LogP contribution in [0.4, 0.5) is 0 Å². The Morgan fingerprint density at radius 2 is 2.27 bits per heavy atom. The summed E-state index contributed by atoms with van der Waals surface area (Å²) in [7, 11) is 1.57. The first-order chi connectivity index (χ1) is 7.13. The summed E-state index contributed by atoms with van der Waals surface area (Å²) in [4.78, 5) is 3.87. The van der Waals surface area contributed by atoms with Gasteiger partial charge in [-0.05, 0) is 17.7 Å². The molecule has 82 valence electrons. The molecule has 0 fully saturated rings. The Kier molecular flexibility index (Phi) is 3.93. The molecule has 5 N–H and O–H groups in total. The zero-order chi connectivity index (χ0) is 11.3. The maximum Gasteiger partial charge on any atom is 0.186 e. The molecule has 1 unspecified atom stereocenters. The van der Waals surface area contributed by atoms with Crippen LogP contribution < -0.4 is 11.5 Å². The molecule has 0 amide bonds. The Morgan fingerprint density at radius 3 is 2.80 bits per heavy atom. The monoisotopic (exact) mass is 209 g/mol. The third-order valence-corrected chi connectivity index (χ3v) is 1.97. The van der Waals surface area contributed by atoms with Crippen LogP contribution in [0.1, 0.15) is 11.7 Å². The molecule has 1 atom stereocenters. The summed E-state index contributed by atoms with van der Waals surface area (Å²) in [6.45, 7) is 0.336. The van der Waals surface area contributed by atoms with E-state index >= 15 is 0 Å². The van der Waals surface area contributed by atoms with Crippen molar-refractivity contribution in [2.24, 2.45) is 16.5 Å². The normalized spacial score (nSPS) is 12.1. The molecule has 15 heavy (non-hydrogen) atoms. The van der Waals surface area contributed by atoms with Crippen LogP contribution in [0.15, 0.2) is 29.3 Å². The van der Waals surface area contributed by atoms with Crippen molar-refractivity contribution in [2.75, 3.05) is 13.7 Å². The molecule has 1 rings (SSSR count). The van der Waals surface area contributed by atoms with Crippen LogP contribution in [-0.4, -0.2) is 24.7 Å². The second-order valence-electron chi connectivity index (χ2n) is 3.08. The van der Waals surface area contributed by atoms with Gasteiger partial charge >= 0.3 is 0 Å². The SMILES string of the molecule is COC(CN=C(N)N)c1cccc(O)c1. The molecule has 0 saturated carbocycles. The molecular formula is C10H15N3O2. The van der Waals surface area contributed by atoms with E-state index in [9.17, 15) is 5.11 Å². The first-order valence-electron chi connectivity index (χ1n) is 4.50. The average molecular weight is 209 g/mol. The van der Waals surface area contributed by atoms with Crippen molar-refractivity contribution >= 4 is 5.96 Å². The van der Waals surface area contributed by atoms with Crippen LogP contribution in [0.25, 0.3) is 0 Å². The molecule has 0 aliphatic carbocycles. The van der Waals surface area contributed by atoms with Gasteiger partial charge in [0.1, 0.15) is 11.9 Å². The lowest BCUT2D eigenvalue weighted by atomic mass is 10.1. The molecule has 0 bridgehead atoms. The summed E-state index contributed by atoms with van der Waals surface area (Å²) in [6, 6.07) is 6.80. The number of rotatable bonds is 4. The molecule has 5 heteroatoms. The molecule has 1 aromatic rings. The summed E-state index contributed by atoms with van der Waals surface area (Å²) in [5.74, 6) is 0.219. The Labute approximate surface area is 88.4 Å². The van der Waals surface area contributed by atoms with Gasteiger partial charge < -0.3 is 21.3 Å². The predicted molar refractivity (Wildman–Crippen MR) is 58.5 cm³/mol. The van der Waals surface area contributed by atoms with Gasteiger partial charge in [0.15, 0.2) is 5.96 Å². The lowest BCUT2D eigenvalue weighted by Crippen LogP contribution is -2.24. The summed E-state index contributed by atoms with van der Waals surface area (Å²) in [6.07, 6.45) is -0.251. The molecule has 0 aliphatic rings. The van der Waals surface area contributed by atoms with Gasteiger partial charge in [-0.1, -0.05) is 12.1 Å². The molecule has 0 heterocycles. The van der Waals surface area contributed by atoms with Crippen LogP contribution >= 0.6 is 0 Å². The molecule has 0 radical (unpaired) electrons. The van der Waals surface area contributed by atoms with Gasteiger partial charge in [0, 0.05) is 7.11 Å². The van der Waals surface area contributed by atoms with Gasteiger partial charge in [0.2, 0.25) is 0 Å². The van der Waals surface area contributed by atoms with E-state index in [1.807, 2.05) is 6.07 Å². The fourth-order valence-electron chi connectivity index (χ4n) is 1.23. The van der Waals surface area contributed by atoms with Crippen molar-refractivity contribution < 1.29 is 9.84 Å². The van der Waals surface area contributed by atoms with Crippen LogP contribution in [0, 0.1) is 0 Å². The van der Waals surface area contributed by atoms with E-state index in [1.54, 1.807) is 25.3 Å². The number of nitrogens with two attached hydrogens (primary N) is 2. The predicted octanol–water partition coefficient (Wildman–Crippen LogP) is 0.353. The quantitative estimate of drug-likeness (QED) is 0.492. The number of benzene rings is 1. The number of phenolic OH excluding ortho intramolecular Hbond substituents is 1. The average Bonchev–Trinajstić information content (AvgIpc) is 2.18. The van der Waals surface area contributed by atoms with E-state index in [4.69, 9.17) is 16.2 Å². The maximum atomic E-state index is 9.29. The third-order valence-electron chi connectivity index (χ3n) is 1.97. The van der Waals surface area contributed by atoms with Crippen molar-refractivity contribution in [3.63, 3.8) is 0 Å². The first-order valence-corrected chi connectivity index (χ1v) is 4.50. The fraction of sp³-hybridized carbons (Fsp3) is 0.300. The molecule has 0 spiro atoms. The number of methoxy groups -OCH3 is 1. The van der Waals surface area contributed by atoms with E-state index in [0.717, 1.165) is 5.56 Å². The number of aromatic hydroxyl groups is 1. The van der Waals surface area contributed by atoms with Gasteiger partial charge in [0.05, 0.1) is 6.54 Å². The molecular weight excluding hydrogens is 194 g/mol. The molecule has 0 saturated heterocycles. The van der Waals surface area contributed by atoms with E-state index in [2.05, 4.69) is 4.99 Å². The molecule has 1 aromatic carbocycles. The van der Waals surface area contributed by atoms with Crippen molar-refractivity contribution in [2.45, 2.75) is 6.10 Å². The number of guanidine groups is 1.